The number of carbonyl (C=O) groups excluding carboxylic acids is 1. The number of benzene rings is 2. The molecule has 0 bridgehead atoms. The fourth-order valence-corrected chi connectivity index (χ4v) is 2.72. The lowest BCUT2D eigenvalue weighted by molar-refractivity contribution is -0.117. The molecule has 0 saturated heterocycles. The van der Waals surface area contributed by atoms with E-state index in [2.05, 4.69) is 30.0 Å². The van der Waals surface area contributed by atoms with Crippen LogP contribution in [0.15, 0.2) is 48.5 Å². The van der Waals surface area contributed by atoms with E-state index in [1.54, 1.807) is 4.90 Å². The Balaban J connectivity index is 2.15. The van der Waals surface area contributed by atoms with E-state index in [-0.39, 0.29) is 5.91 Å². The SMILES string of the molecule is CCc1ccccc1N1CC(=O)N(C)c2ccccc21. The molecule has 0 spiro atoms. The highest BCUT2D eigenvalue weighted by molar-refractivity contribution is 6.04. The van der Waals surface area contributed by atoms with Crippen LogP contribution in [0, 0.1) is 0 Å². The average molecular weight is 266 g/mol. The highest BCUT2D eigenvalue weighted by atomic mass is 16.2. The molecule has 0 aliphatic carbocycles. The van der Waals surface area contributed by atoms with E-state index < -0.39 is 0 Å². The number of para-hydroxylation sites is 3. The largest absolute Gasteiger partial charge is 0.330 e. The minimum absolute atomic E-state index is 0.120. The van der Waals surface area contributed by atoms with Crippen molar-refractivity contribution in [1.82, 2.24) is 0 Å². The van der Waals surface area contributed by atoms with Crippen LogP contribution in [-0.4, -0.2) is 19.5 Å². The highest BCUT2D eigenvalue weighted by Crippen LogP contribution is 2.38. The lowest BCUT2D eigenvalue weighted by Gasteiger charge is -2.36. The fourth-order valence-electron chi connectivity index (χ4n) is 2.72. The van der Waals surface area contributed by atoms with Crippen LogP contribution in [-0.2, 0) is 11.2 Å². The Morgan fingerprint density at radius 2 is 1.55 bits per heavy atom. The second-order valence-electron chi connectivity index (χ2n) is 5.01. The van der Waals surface area contributed by atoms with Gasteiger partial charge < -0.3 is 9.80 Å². The van der Waals surface area contributed by atoms with E-state index in [4.69, 9.17) is 0 Å². The van der Waals surface area contributed by atoms with Gasteiger partial charge in [0, 0.05) is 12.7 Å². The van der Waals surface area contributed by atoms with Crippen LogP contribution < -0.4 is 9.80 Å². The minimum atomic E-state index is 0.120. The number of likely N-dealkylation sites (N-methyl/N-ethyl adjacent to an activating group) is 1. The molecule has 0 fully saturated rings. The molecule has 3 rings (SSSR count). The molecule has 3 heteroatoms. The van der Waals surface area contributed by atoms with Gasteiger partial charge in [0.1, 0.15) is 6.54 Å². The molecule has 20 heavy (non-hydrogen) atoms. The van der Waals surface area contributed by atoms with Gasteiger partial charge in [0.15, 0.2) is 0 Å². The number of hydrogen-bond acceptors (Lipinski definition) is 2. The number of fused-ring (bicyclic) bond motifs is 1. The summed E-state index contributed by atoms with van der Waals surface area (Å²) in [5.41, 5.74) is 4.45. The van der Waals surface area contributed by atoms with Gasteiger partial charge in [-0.2, -0.15) is 0 Å². The third-order valence-corrected chi connectivity index (χ3v) is 3.86. The Morgan fingerprint density at radius 3 is 2.25 bits per heavy atom. The van der Waals surface area contributed by atoms with Gasteiger partial charge in [0.05, 0.1) is 11.4 Å². The third-order valence-electron chi connectivity index (χ3n) is 3.86. The smallest absolute Gasteiger partial charge is 0.246 e. The number of nitrogens with zero attached hydrogens (tertiary/aromatic N) is 2. The highest BCUT2D eigenvalue weighted by Gasteiger charge is 2.27. The lowest BCUT2D eigenvalue weighted by atomic mass is 10.1. The number of anilines is 3. The van der Waals surface area contributed by atoms with E-state index in [0.29, 0.717) is 6.54 Å². The van der Waals surface area contributed by atoms with E-state index in [9.17, 15) is 4.79 Å². The summed E-state index contributed by atoms with van der Waals surface area (Å²) < 4.78 is 0. The van der Waals surface area contributed by atoms with Gasteiger partial charge in [-0.05, 0) is 30.2 Å². The van der Waals surface area contributed by atoms with E-state index in [0.717, 1.165) is 23.5 Å². The summed E-state index contributed by atoms with van der Waals surface area (Å²) in [6, 6.07) is 16.3. The summed E-state index contributed by atoms with van der Waals surface area (Å²) in [6.07, 6.45) is 0.957. The first-order valence-electron chi connectivity index (χ1n) is 6.93. The van der Waals surface area contributed by atoms with E-state index in [1.165, 1.54) is 5.56 Å². The predicted molar refractivity (Wildman–Crippen MR) is 82.7 cm³/mol. The van der Waals surface area contributed by atoms with Gasteiger partial charge >= 0.3 is 0 Å². The second kappa shape index (κ2) is 5.00. The molecule has 0 radical (unpaired) electrons. The topological polar surface area (TPSA) is 23.6 Å². The quantitative estimate of drug-likeness (QED) is 0.832. The van der Waals surface area contributed by atoms with Gasteiger partial charge in [0.25, 0.3) is 0 Å². The Hall–Kier alpha value is -2.29. The molecule has 1 heterocycles. The molecule has 1 aliphatic rings. The Morgan fingerprint density at radius 1 is 0.950 bits per heavy atom. The van der Waals surface area contributed by atoms with Crippen molar-refractivity contribution in [1.29, 1.82) is 0 Å². The van der Waals surface area contributed by atoms with Crippen molar-refractivity contribution in [2.45, 2.75) is 13.3 Å². The zero-order valence-corrected chi connectivity index (χ0v) is 11.8. The maximum absolute atomic E-state index is 12.2. The normalized spacial score (nSPS) is 14.4. The van der Waals surface area contributed by atoms with E-state index in [1.807, 2.05) is 37.4 Å². The van der Waals surface area contributed by atoms with Crippen molar-refractivity contribution in [3.63, 3.8) is 0 Å². The van der Waals surface area contributed by atoms with Gasteiger partial charge in [-0.25, -0.2) is 0 Å². The number of aryl methyl sites for hydroxylation is 1. The maximum atomic E-state index is 12.2. The summed E-state index contributed by atoms with van der Waals surface area (Å²) in [6.45, 7) is 2.53. The first-order chi connectivity index (χ1) is 9.72. The molecule has 1 amide bonds. The summed E-state index contributed by atoms with van der Waals surface area (Å²) >= 11 is 0. The van der Waals surface area contributed by atoms with Gasteiger partial charge in [0.2, 0.25) is 5.91 Å². The molecular weight excluding hydrogens is 248 g/mol. The molecule has 0 saturated carbocycles. The number of amides is 1. The van der Waals surface area contributed by atoms with E-state index >= 15 is 0 Å². The molecule has 102 valence electrons. The summed E-state index contributed by atoms with van der Waals surface area (Å²) in [5, 5.41) is 0. The number of rotatable bonds is 2. The van der Waals surface area contributed by atoms with Crippen LogP contribution in [0.2, 0.25) is 0 Å². The lowest BCUT2D eigenvalue weighted by Crippen LogP contribution is -2.41. The molecule has 2 aromatic carbocycles. The van der Waals surface area contributed by atoms with Crippen molar-refractivity contribution in [3.05, 3.63) is 54.1 Å². The Kier molecular flexibility index (Phi) is 3.18. The molecule has 0 unspecified atom stereocenters. The van der Waals surface area contributed by atoms with Crippen LogP contribution in [0.1, 0.15) is 12.5 Å². The summed E-state index contributed by atoms with van der Waals surface area (Å²) in [5.74, 6) is 0.120. The summed E-state index contributed by atoms with van der Waals surface area (Å²) in [7, 11) is 1.84. The Labute approximate surface area is 119 Å². The Bertz CT molecular complexity index is 651. The van der Waals surface area contributed by atoms with Crippen LogP contribution in [0.5, 0.6) is 0 Å². The number of hydrogen-bond donors (Lipinski definition) is 0. The second-order valence-corrected chi connectivity index (χ2v) is 5.01. The van der Waals surface area contributed by atoms with Crippen molar-refractivity contribution in [3.8, 4) is 0 Å². The van der Waals surface area contributed by atoms with Gasteiger partial charge in [-0.1, -0.05) is 37.3 Å². The standard InChI is InChI=1S/C17H18N2O/c1-3-13-8-4-5-9-14(13)19-12-17(20)18(2)15-10-6-7-11-16(15)19/h4-11H,3,12H2,1-2H3. The molecule has 1 aliphatic heterocycles. The first kappa shape index (κ1) is 12.7. The molecule has 0 atom stereocenters. The third kappa shape index (κ3) is 1.95. The molecule has 3 nitrogen and oxygen atoms in total. The molecule has 2 aromatic rings. The van der Waals surface area contributed by atoms with Crippen molar-refractivity contribution < 1.29 is 4.79 Å². The van der Waals surface area contributed by atoms with Crippen molar-refractivity contribution >= 4 is 23.0 Å². The average Bonchev–Trinajstić information content (AvgIpc) is 2.51. The predicted octanol–water partition coefficient (Wildman–Crippen LogP) is 3.36. The zero-order chi connectivity index (χ0) is 14.1. The maximum Gasteiger partial charge on any atom is 0.246 e. The van der Waals surface area contributed by atoms with Crippen molar-refractivity contribution in [2.24, 2.45) is 0 Å². The first-order valence-corrected chi connectivity index (χ1v) is 6.93. The van der Waals surface area contributed by atoms with Crippen molar-refractivity contribution in [2.75, 3.05) is 23.4 Å². The van der Waals surface area contributed by atoms with Crippen LogP contribution in [0.25, 0.3) is 0 Å². The van der Waals surface area contributed by atoms with Crippen LogP contribution >= 0.6 is 0 Å². The van der Waals surface area contributed by atoms with Gasteiger partial charge in [-0.3, -0.25) is 4.79 Å². The number of carbonyl (C=O) groups is 1. The zero-order valence-electron chi connectivity index (χ0n) is 11.8. The van der Waals surface area contributed by atoms with Crippen LogP contribution in [0.4, 0.5) is 17.1 Å². The van der Waals surface area contributed by atoms with Crippen LogP contribution in [0.3, 0.4) is 0 Å². The fraction of sp³-hybridized carbons (Fsp3) is 0.235. The molecule has 0 N–H and O–H groups in total. The minimum Gasteiger partial charge on any atom is -0.330 e. The van der Waals surface area contributed by atoms with Gasteiger partial charge in [-0.15, -0.1) is 0 Å². The molecule has 0 aromatic heterocycles. The molecular formula is C17H18N2O. The monoisotopic (exact) mass is 266 g/mol. The summed E-state index contributed by atoms with van der Waals surface area (Å²) in [4.78, 5) is 16.1.